The van der Waals surface area contributed by atoms with Gasteiger partial charge in [-0.15, -0.1) is 24.0 Å². The summed E-state index contributed by atoms with van der Waals surface area (Å²) in [5.41, 5.74) is 0. The molecule has 1 saturated heterocycles. The second-order valence-electron chi connectivity index (χ2n) is 5.07. The van der Waals surface area contributed by atoms with Gasteiger partial charge in [-0.2, -0.15) is 11.8 Å². The number of aliphatic imine (C=N–C) groups is 1. The van der Waals surface area contributed by atoms with E-state index < -0.39 is 0 Å². The summed E-state index contributed by atoms with van der Waals surface area (Å²) in [4.78, 5) is 17.4. The van der Waals surface area contributed by atoms with Crippen molar-refractivity contribution in [2.75, 3.05) is 45.8 Å². The van der Waals surface area contributed by atoms with Crippen molar-refractivity contribution >= 4 is 47.8 Å². The lowest BCUT2D eigenvalue weighted by Gasteiger charge is -2.32. The topological polar surface area (TPSA) is 66.0 Å². The van der Waals surface area contributed by atoms with E-state index in [9.17, 15) is 4.79 Å². The Kier molecular flexibility index (Phi) is 12.9. The van der Waals surface area contributed by atoms with Crippen LogP contribution in [0.2, 0.25) is 0 Å². The molecule has 0 aliphatic carbocycles. The van der Waals surface area contributed by atoms with Crippen LogP contribution >= 0.6 is 35.7 Å². The number of ether oxygens (including phenoxy) is 1. The summed E-state index contributed by atoms with van der Waals surface area (Å²) in [6.07, 6.45) is 6.12. The van der Waals surface area contributed by atoms with Crippen LogP contribution in [0.4, 0.5) is 4.79 Å². The number of nitrogens with zero attached hydrogens (tertiary/aromatic N) is 2. The summed E-state index contributed by atoms with van der Waals surface area (Å²) in [6.45, 7) is 2.41. The Morgan fingerprint density at radius 3 is 2.59 bits per heavy atom. The van der Waals surface area contributed by atoms with Crippen LogP contribution in [0.5, 0.6) is 0 Å². The summed E-state index contributed by atoms with van der Waals surface area (Å²) in [5, 5.41) is 6.77. The van der Waals surface area contributed by atoms with Crippen molar-refractivity contribution in [3.8, 4) is 0 Å². The molecule has 0 saturated carbocycles. The van der Waals surface area contributed by atoms with Gasteiger partial charge in [-0.3, -0.25) is 4.99 Å². The van der Waals surface area contributed by atoms with Gasteiger partial charge in [0.05, 0.1) is 7.11 Å². The van der Waals surface area contributed by atoms with Gasteiger partial charge in [0.2, 0.25) is 0 Å². The molecule has 0 aromatic heterocycles. The number of carbonyl (C=O) groups excluding carboxylic acids is 1. The predicted molar refractivity (Wildman–Crippen MR) is 105 cm³/mol. The first-order valence-electron chi connectivity index (χ1n) is 7.50. The van der Waals surface area contributed by atoms with E-state index in [-0.39, 0.29) is 30.1 Å². The number of nitrogens with one attached hydrogen (secondary N) is 2. The molecular formula is C14H29IN4O2S. The van der Waals surface area contributed by atoms with Crippen LogP contribution in [0.3, 0.4) is 0 Å². The van der Waals surface area contributed by atoms with Gasteiger partial charge in [-0.05, 0) is 37.7 Å². The molecule has 1 rings (SSSR count). The minimum Gasteiger partial charge on any atom is -0.453 e. The van der Waals surface area contributed by atoms with Crippen LogP contribution in [0, 0.1) is 0 Å². The van der Waals surface area contributed by atoms with Crippen molar-refractivity contribution in [3.63, 3.8) is 0 Å². The number of amides is 1. The van der Waals surface area contributed by atoms with Crippen LogP contribution in [0.1, 0.15) is 25.7 Å². The minimum absolute atomic E-state index is 0. The lowest BCUT2D eigenvalue weighted by molar-refractivity contribution is 0.111. The highest BCUT2D eigenvalue weighted by atomic mass is 127. The molecule has 0 bridgehead atoms. The highest BCUT2D eigenvalue weighted by Crippen LogP contribution is 2.11. The average molecular weight is 444 g/mol. The van der Waals surface area contributed by atoms with Crippen LogP contribution in [0.25, 0.3) is 0 Å². The monoisotopic (exact) mass is 444 g/mol. The fourth-order valence-electron chi connectivity index (χ4n) is 2.30. The fourth-order valence-corrected chi connectivity index (χ4v) is 2.79. The number of guanidine groups is 1. The molecule has 1 fully saturated rings. The summed E-state index contributed by atoms with van der Waals surface area (Å²) < 4.78 is 4.74. The number of likely N-dealkylation sites (tertiary alicyclic amines) is 1. The average Bonchev–Trinajstić information content (AvgIpc) is 2.53. The first-order valence-corrected chi connectivity index (χ1v) is 8.89. The molecule has 1 aliphatic rings. The first kappa shape index (κ1) is 21.6. The molecule has 1 amide bonds. The van der Waals surface area contributed by atoms with Crippen LogP contribution < -0.4 is 10.6 Å². The SMILES string of the molecule is CN=C(NCCCCSC)NC1CCN(C(=O)OC)CC1.I. The normalized spacial score (nSPS) is 16.0. The summed E-state index contributed by atoms with van der Waals surface area (Å²) in [6, 6.07) is 0.364. The number of halogens is 1. The number of rotatable bonds is 6. The Hall–Kier alpha value is -0.380. The highest BCUT2D eigenvalue weighted by molar-refractivity contribution is 14.0. The van der Waals surface area contributed by atoms with Gasteiger partial charge in [0, 0.05) is 32.7 Å². The van der Waals surface area contributed by atoms with E-state index in [0.29, 0.717) is 6.04 Å². The maximum atomic E-state index is 11.4. The molecule has 0 atom stereocenters. The van der Waals surface area contributed by atoms with E-state index >= 15 is 0 Å². The molecule has 2 N–H and O–H groups in total. The van der Waals surface area contributed by atoms with Crippen molar-refractivity contribution in [2.24, 2.45) is 4.99 Å². The van der Waals surface area contributed by atoms with Crippen LogP contribution in [0.15, 0.2) is 4.99 Å². The van der Waals surface area contributed by atoms with Gasteiger partial charge in [0.25, 0.3) is 0 Å². The van der Waals surface area contributed by atoms with Gasteiger partial charge < -0.3 is 20.3 Å². The quantitative estimate of drug-likeness (QED) is 0.285. The second-order valence-corrected chi connectivity index (χ2v) is 6.06. The van der Waals surface area contributed by atoms with Gasteiger partial charge in [0.1, 0.15) is 0 Å². The van der Waals surface area contributed by atoms with Gasteiger partial charge in [0.15, 0.2) is 5.96 Å². The molecule has 130 valence electrons. The Morgan fingerprint density at radius 2 is 2.05 bits per heavy atom. The summed E-state index contributed by atoms with van der Waals surface area (Å²) in [7, 11) is 3.22. The lowest BCUT2D eigenvalue weighted by atomic mass is 10.1. The molecule has 1 aliphatic heterocycles. The van der Waals surface area contributed by atoms with E-state index in [2.05, 4.69) is 21.9 Å². The first-order chi connectivity index (χ1) is 10.2. The van der Waals surface area contributed by atoms with Crippen molar-refractivity contribution < 1.29 is 9.53 Å². The molecule has 0 aromatic rings. The third-order valence-corrected chi connectivity index (χ3v) is 4.26. The Labute approximate surface area is 155 Å². The van der Waals surface area contributed by atoms with Crippen molar-refractivity contribution in [1.82, 2.24) is 15.5 Å². The van der Waals surface area contributed by atoms with E-state index in [4.69, 9.17) is 4.74 Å². The molecule has 0 spiro atoms. The molecule has 1 heterocycles. The van der Waals surface area contributed by atoms with Crippen LogP contribution in [-0.4, -0.2) is 68.8 Å². The number of hydrogen-bond acceptors (Lipinski definition) is 4. The zero-order valence-electron chi connectivity index (χ0n) is 13.8. The molecule has 8 heteroatoms. The lowest BCUT2D eigenvalue weighted by Crippen LogP contribution is -2.49. The van der Waals surface area contributed by atoms with Gasteiger partial charge in [-0.1, -0.05) is 0 Å². The molecule has 0 unspecified atom stereocenters. The molecule has 6 nitrogen and oxygen atoms in total. The zero-order valence-corrected chi connectivity index (χ0v) is 16.9. The van der Waals surface area contributed by atoms with E-state index in [1.807, 2.05) is 11.8 Å². The van der Waals surface area contributed by atoms with Crippen molar-refractivity contribution in [3.05, 3.63) is 0 Å². The Bertz CT molecular complexity index is 337. The maximum Gasteiger partial charge on any atom is 0.409 e. The third kappa shape index (κ3) is 8.30. The van der Waals surface area contributed by atoms with Crippen molar-refractivity contribution in [2.45, 2.75) is 31.7 Å². The minimum atomic E-state index is -0.232. The van der Waals surface area contributed by atoms with E-state index in [0.717, 1.165) is 44.9 Å². The number of carbonyl (C=O) groups is 1. The zero-order chi connectivity index (χ0) is 15.5. The summed E-state index contributed by atoms with van der Waals surface area (Å²) >= 11 is 1.88. The molecule has 0 aromatic carbocycles. The number of piperidine rings is 1. The summed E-state index contributed by atoms with van der Waals surface area (Å²) in [5.74, 6) is 2.07. The number of unbranched alkanes of at least 4 members (excludes halogenated alkanes) is 1. The van der Waals surface area contributed by atoms with Crippen molar-refractivity contribution in [1.29, 1.82) is 0 Å². The van der Waals surface area contributed by atoms with E-state index in [1.54, 1.807) is 11.9 Å². The van der Waals surface area contributed by atoms with E-state index in [1.165, 1.54) is 19.3 Å². The maximum absolute atomic E-state index is 11.4. The second kappa shape index (κ2) is 13.1. The highest BCUT2D eigenvalue weighted by Gasteiger charge is 2.23. The molecular weight excluding hydrogens is 415 g/mol. The largest absolute Gasteiger partial charge is 0.453 e. The number of methoxy groups -OCH3 is 1. The Morgan fingerprint density at radius 1 is 1.36 bits per heavy atom. The Balaban J connectivity index is 0.00000441. The third-order valence-electron chi connectivity index (χ3n) is 3.56. The molecule has 22 heavy (non-hydrogen) atoms. The standard InChI is InChI=1S/C14H28N4O2S.HI/c1-15-13(16-8-4-5-11-21-3)17-12-6-9-18(10-7-12)14(19)20-2;/h12H,4-11H2,1-3H3,(H2,15,16,17);1H. The molecule has 0 radical (unpaired) electrons. The smallest absolute Gasteiger partial charge is 0.409 e. The number of thioether (sulfide) groups is 1. The van der Waals surface area contributed by atoms with Gasteiger partial charge >= 0.3 is 6.09 Å². The number of hydrogen-bond donors (Lipinski definition) is 2. The predicted octanol–water partition coefficient (Wildman–Crippen LogP) is 2.14. The van der Waals surface area contributed by atoms with Gasteiger partial charge in [-0.25, -0.2) is 4.79 Å². The fraction of sp³-hybridized carbons (Fsp3) is 0.857. The van der Waals surface area contributed by atoms with Crippen LogP contribution in [-0.2, 0) is 4.74 Å².